The molecular formula is C29H34N6O2. The number of amides is 1. The molecule has 0 radical (unpaired) electrons. The number of aromatic nitrogens is 3. The fourth-order valence-electron chi connectivity index (χ4n) is 5.29. The van der Waals surface area contributed by atoms with Crippen LogP contribution in [0.2, 0.25) is 0 Å². The lowest BCUT2D eigenvalue weighted by Gasteiger charge is -2.28. The molecule has 192 valence electrons. The summed E-state index contributed by atoms with van der Waals surface area (Å²) in [6, 6.07) is 12.0. The second-order valence-corrected chi connectivity index (χ2v) is 10.2. The van der Waals surface area contributed by atoms with Crippen LogP contribution in [0.4, 0.5) is 17.5 Å². The second-order valence-electron chi connectivity index (χ2n) is 10.2. The van der Waals surface area contributed by atoms with Gasteiger partial charge in [0.25, 0.3) is 5.91 Å². The average Bonchev–Trinajstić information content (AvgIpc) is 3.68. The lowest BCUT2D eigenvalue weighted by atomic mass is 10.0. The zero-order valence-corrected chi connectivity index (χ0v) is 21.5. The van der Waals surface area contributed by atoms with Gasteiger partial charge in [-0.3, -0.25) is 9.78 Å². The van der Waals surface area contributed by atoms with Gasteiger partial charge < -0.3 is 19.4 Å². The number of carbonyl (C=O) groups is 1. The summed E-state index contributed by atoms with van der Waals surface area (Å²) in [4.78, 5) is 34.5. The van der Waals surface area contributed by atoms with Gasteiger partial charge in [-0.25, -0.2) is 4.98 Å². The van der Waals surface area contributed by atoms with E-state index in [9.17, 15) is 4.79 Å². The van der Waals surface area contributed by atoms with Gasteiger partial charge in [0.05, 0.1) is 30.8 Å². The maximum Gasteiger partial charge on any atom is 0.253 e. The van der Waals surface area contributed by atoms with Crippen LogP contribution in [0.3, 0.4) is 0 Å². The third-order valence-corrected chi connectivity index (χ3v) is 7.41. The second kappa shape index (κ2) is 10.5. The summed E-state index contributed by atoms with van der Waals surface area (Å²) in [5.41, 5.74) is 4.76. The molecule has 3 aliphatic rings. The van der Waals surface area contributed by atoms with Gasteiger partial charge in [-0.2, -0.15) is 4.98 Å². The highest BCUT2D eigenvalue weighted by Crippen LogP contribution is 2.39. The molecule has 37 heavy (non-hydrogen) atoms. The monoisotopic (exact) mass is 498 g/mol. The Hall–Kier alpha value is -3.52. The predicted octanol–water partition coefficient (Wildman–Crippen LogP) is 4.33. The summed E-state index contributed by atoms with van der Waals surface area (Å²) in [5.74, 6) is 2.42. The number of fused-ring (bicyclic) bond motifs is 1. The molecule has 0 spiro atoms. The first kappa shape index (κ1) is 23.9. The lowest BCUT2D eigenvalue weighted by Crippen LogP contribution is -2.37. The number of ether oxygens (including phenoxy) is 1. The van der Waals surface area contributed by atoms with E-state index in [1.54, 1.807) is 6.20 Å². The Morgan fingerprint density at radius 1 is 1.11 bits per heavy atom. The first-order valence-electron chi connectivity index (χ1n) is 13.5. The van der Waals surface area contributed by atoms with Gasteiger partial charge >= 0.3 is 0 Å². The molecule has 1 aliphatic carbocycles. The minimum absolute atomic E-state index is 0.117. The summed E-state index contributed by atoms with van der Waals surface area (Å²) in [6.07, 6.45) is 7.94. The van der Waals surface area contributed by atoms with Crippen molar-refractivity contribution in [3.63, 3.8) is 0 Å². The number of anilines is 3. The molecule has 4 heterocycles. The maximum atomic E-state index is 13.5. The molecule has 1 amide bonds. The highest BCUT2D eigenvalue weighted by molar-refractivity contribution is 5.95. The van der Waals surface area contributed by atoms with E-state index in [-0.39, 0.29) is 5.91 Å². The molecule has 1 saturated carbocycles. The molecule has 0 bridgehead atoms. The Kier molecular flexibility index (Phi) is 6.74. The zero-order chi connectivity index (χ0) is 25.2. The van der Waals surface area contributed by atoms with Crippen LogP contribution >= 0.6 is 0 Å². The smallest absolute Gasteiger partial charge is 0.253 e. The summed E-state index contributed by atoms with van der Waals surface area (Å²) < 4.78 is 5.58. The Bertz CT molecular complexity index is 1260. The first-order chi connectivity index (χ1) is 18.2. The predicted molar refractivity (Wildman–Crippen MR) is 144 cm³/mol. The number of hydrogen-bond acceptors (Lipinski definition) is 7. The van der Waals surface area contributed by atoms with E-state index in [4.69, 9.17) is 14.7 Å². The number of hydrogen-bond donors (Lipinski definition) is 0. The topological polar surface area (TPSA) is 74.7 Å². The van der Waals surface area contributed by atoms with E-state index in [1.165, 1.54) is 12.8 Å². The molecule has 2 fully saturated rings. The van der Waals surface area contributed by atoms with Gasteiger partial charge in [-0.05, 0) is 55.9 Å². The van der Waals surface area contributed by atoms with Crippen LogP contribution < -0.4 is 9.80 Å². The van der Waals surface area contributed by atoms with Crippen molar-refractivity contribution in [2.45, 2.75) is 32.6 Å². The van der Waals surface area contributed by atoms with Crippen molar-refractivity contribution in [2.24, 2.45) is 5.92 Å². The van der Waals surface area contributed by atoms with Gasteiger partial charge in [-0.15, -0.1) is 0 Å². The molecule has 3 aromatic rings. The van der Waals surface area contributed by atoms with E-state index < -0.39 is 0 Å². The number of morpholine rings is 1. The summed E-state index contributed by atoms with van der Waals surface area (Å²) in [5, 5.41) is 0. The molecule has 8 nitrogen and oxygen atoms in total. The first-order valence-corrected chi connectivity index (χ1v) is 13.5. The molecule has 2 aliphatic heterocycles. The number of pyridine rings is 1. The minimum Gasteiger partial charge on any atom is -0.378 e. The standard InChI is InChI=1S/C29H34N6O2/c1-2-12-34(20-21-8-9-21)28(36)23-6-3-5-22(18-23)26-25-10-13-35(24-7-4-11-30-19-24)27(25)32-29(31-26)33-14-16-37-17-15-33/h3-7,11,18-19,21H,2,8-10,12-17,20H2,1H3. The summed E-state index contributed by atoms with van der Waals surface area (Å²) in [6.45, 7) is 7.47. The Morgan fingerprint density at radius 2 is 1.97 bits per heavy atom. The normalized spacial score (nSPS) is 17.1. The van der Waals surface area contributed by atoms with Crippen molar-refractivity contribution in [3.05, 3.63) is 59.9 Å². The molecule has 0 unspecified atom stereocenters. The molecule has 1 saturated heterocycles. The zero-order valence-electron chi connectivity index (χ0n) is 21.5. The van der Waals surface area contributed by atoms with Crippen LogP contribution in [0.1, 0.15) is 42.1 Å². The largest absolute Gasteiger partial charge is 0.378 e. The highest BCUT2D eigenvalue weighted by Gasteiger charge is 2.30. The van der Waals surface area contributed by atoms with E-state index in [1.807, 2.05) is 35.4 Å². The summed E-state index contributed by atoms with van der Waals surface area (Å²) in [7, 11) is 0. The third kappa shape index (κ3) is 5.03. The van der Waals surface area contributed by atoms with Gasteiger partial charge in [0.15, 0.2) is 0 Å². The minimum atomic E-state index is 0.117. The summed E-state index contributed by atoms with van der Waals surface area (Å²) >= 11 is 0. The third-order valence-electron chi connectivity index (χ3n) is 7.41. The molecule has 0 N–H and O–H groups in total. The average molecular weight is 499 g/mol. The van der Waals surface area contributed by atoms with Crippen LogP contribution in [-0.4, -0.2) is 71.7 Å². The molecule has 0 atom stereocenters. The molecule has 1 aromatic carbocycles. The number of carbonyl (C=O) groups excluding carboxylic acids is 1. The maximum absolute atomic E-state index is 13.5. The van der Waals surface area contributed by atoms with Crippen molar-refractivity contribution in [1.29, 1.82) is 0 Å². The van der Waals surface area contributed by atoms with E-state index in [2.05, 4.69) is 33.8 Å². The van der Waals surface area contributed by atoms with Crippen molar-refractivity contribution in [3.8, 4) is 11.3 Å². The fraction of sp³-hybridized carbons (Fsp3) is 0.448. The van der Waals surface area contributed by atoms with Crippen LogP contribution in [0, 0.1) is 5.92 Å². The molecule has 6 rings (SSSR count). The van der Waals surface area contributed by atoms with Crippen molar-refractivity contribution >= 4 is 23.4 Å². The van der Waals surface area contributed by atoms with Crippen LogP contribution in [0.15, 0.2) is 48.8 Å². The number of nitrogens with zero attached hydrogens (tertiary/aromatic N) is 6. The number of benzene rings is 1. The van der Waals surface area contributed by atoms with Gasteiger partial charge in [0, 0.05) is 55.6 Å². The molecular weight excluding hydrogens is 464 g/mol. The van der Waals surface area contributed by atoms with Gasteiger partial charge in [0.1, 0.15) is 5.82 Å². The Balaban J connectivity index is 1.39. The van der Waals surface area contributed by atoms with Crippen molar-refractivity contribution in [2.75, 3.05) is 55.7 Å². The van der Waals surface area contributed by atoms with Crippen molar-refractivity contribution < 1.29 is 9.53 Å². The van der Waals surface area contributed by atoms with E-state index in [0.717, 1.165) is 79.5 Å². The van der Waals surface area contributed by atoms with Gasteiger partial charge in [0.2, 0.25) is 5.95 Å². The van der Waals surface area contributed by atoms with Crippen molar-refractivity contribution in [1.82, 2.24) is 19.9 Å². The van der Waals surface area contributed by atoms with E-state index >= 15 is 0 Å². The van der Waals surface area contributed by atoms with Crippen LogP contribution in [0.5, 0.6) is 0 Å². The highest BCUT2D eigenvalue weighted by atomic mass is 16.5. The van der Waals surface area contributed by atoms with Crippen LogP contribution in [0.25, 0.3) is 11.3 Å². The fourth-order valence-corrected chi connectivity index (χ4v) is 5.29. The van der Waals surface area contributed by atoms with Gasteiger partial charge in [-0.1, -0.05) is 19.1 Å². The molecule has 2 aromatic heterocycles. The molecule has 8 heteroatoms. The van der Waals surface area contributed by atoms with Crippen LogP contribution in [-0.2, 0) is 11.2 Å². The lowest BCUT2D eigenvalue weighted by molar-refractivity contribution is 0.0747. The SMILES string of the molecule is CCCN(CC1CC1)C(=O)c1cccc(-c2nc(N3CCOCC3)nc3c2CCN3c2cccnc2)c1. The quantitative estimate of drug-likeness (QED) is 0.458. The Labute approximate surface area is 218 Å². The number of rotatable bonds is 8. The Morgan fingerprint density at radius 3 is 2.73 bits per heavy atom. The van der Waals surface area contributed by atoms with E-state index in [0.29, 0.717) is 25.1 Å².